The molecule has 0 aliphatic carbocycles. The number of nitrogens with one attached hydrogen (secondary N) is 1. The molecule has 0 amide bonds. The summed E-state index contributed by atoms with van der Waals surface area (Å²) in [5, 5.41) is 2.75. The lowest BCUT2D eigenvalue weighted by atomic mass is 9.78. The van der Waals surface area contributed by atoms with Crippen molar-refractivity contribution in [1.29, 1.82) is 0 Å². The van der Waals surface area contributed by atoms with E-state index in [1.165, 1.54) is 11.1 Å². The molecule has 0 radical (unpaired) electrons. The average Bonchev–Trinajstić information content (AvgIpc) is 2.42. The maximum Gasteiger partial charge on any atom is 0.0146 e. The van der Waals surface area contributed by atoms with Crippen LogP contribution in [0.1, 0.15) is 25.0 Å². The molecule has 2 aromatic rings. The van der Waals surface area contributed by atoms with Gasteiger partial charge in [-0.1, -0.05) is 74.5 Å². The fourth-order valence-corrected chi connectivity index (χ4v) is 1.88. The second kappa shape index (κ2) is 6.97. The number of hydrogen-bond donors (Lipinski definition) is 1. The van der Waals surface area contributed by atoms with Crippen LogP contribution in [-0.4, -0.2) is 14.1 Å². The zero-order valence-electron chi connectivity index (χ0n) is 11.8. The highest BCUT2D eigenvalue weighted by atomic mass is 14.7. The first kappa shape index (κ1) is 14.5. The van der Waals surface area contributed by atoms with Gasteiger partial charge in [0, 0.05) is 5.41 Å². The van der Waals surface area contributed by atoms with Crippen LogP contribution in [0.15, 0.2) is 60.7 Å². The molecule has 0 aromatic heterocycles. The largest absolute Gasteiger partial charge is 0.323 e. The summed E-state index contributed by atoms with van der Waals surface area (Å²) in [4.78, 5) is 0. The van der Waals surface area contributed by atoms with Crippen LogP contribution in [0.4, 0.5) is 0 Å². The van der Waals surface area contributed by atoms with E-state index in [-0.39, 0.29) is 5.41 Å². The summed E-state index contributed by atoms with van der Waals surface area (Å²) in [7, 11) is 3.75. The Morgan fingerprint density at radius 2 is 0.944 bits per heavy atom. The first-order valence-corrected chi connectivity index (χ1v) is 6.32. The quantitative estimate of drug-likeness (QED) is 0.842. The minimum Gasteiger partial charge on any atom is -0.323 e. The smallest absolute Gasteiger partial charge is 0.0146 e. The molecule has 0 aliphatic heterocycles. The Bertz CT molecular complexity index is 390. The minimum atomic E-state index is 0.0858. The van der Waals surface area contributed by atoms with Crippen molar-refractivity contribution >= 4 is 0 Å². The highest BCUT2D eigenvalue weighted by molar-refractivity contribution is 5.36. The molecule has 1 N–H and O–H groups in total. The molecule has 0 bridgehead atoms. The van der Waals surface area contributed by atoms with E-state index in [2.05, 4.69) is 79.8 Å². The third-order valence-corrected chi connectivity index (χ3v) is 2.99. The third kappa shape index (κ3) is 3.71. The molecule has 18 heavy (non-hydrogen) atoms. The lowest BCUT2D eigenvalue weighted by molar-refractivity contribution is 0.641. The van der Waals surface area contributed by atoms with Gasteiger partial charge in [-0.25, -0.2) is 0 Å². The van der Waals surface area contributed by atoms with Crippen molar-refractivity contribution in [3.8, 4) is 0 Å². The van der Waals surface area contributed by atoms with Crippen LogP contribution in [0.5, 0.6) is 0 Å². The molecule has 0 fully saturated rings. The van der Waals surface area contributed by atoms with Gasteiger partial charge in [-0.05, 0) is 25.2 Å². The van der Waals surface area contributed by atoms with Gasteiger partial charge in [0.2, 0.25) is 0 Å². The predicted octanol–water partition coefficient (Wildman–Crippen LogP) is 3.85. The lowest BCUT2D eigenvalue weighted by Crippen LogP contribution is -2.18. The molecule has 1 heteroatoms. The van der Waals surface area contributed by atoms with E-state index < -0.39 is 0 Å². The van der Waals surface area contributed by atoms with E-state index in [9.17, 15) is 0 Å². The molecule has 1 nitrogen and oxygen atoms in total. The van der Waals surface area contributed by atoms with Crippen LogP contribution in [0, 0.1) is 0 Å². The van der Waals surface area contributed by atoms with Crippen LogP contribution in [0.2, 0.25) is 0 Å². The van der Waals surface area contributed by atoms with Crippen LogP contribution in [-0.2, 0) is 5.41 Å². The minimum absolute atomic E-state index is 0.0858. The van der Waals surface area contributed by atoms with Crippen molar-refractivity contribution in [3.05, 3.63) is 71.8 Å². The molecular weight excluding hydrogens is 218 g/mol. The van der Waals surface area contributed by atoms with E-state index >= 15 is 0 Å². The molecule has 0 atom stereocenters. The van der Waals surface area contributed by atoms with Crippen molar-refractivity contribution in [2.45, 2.75) is 19.3 Å². The van der Waals surface area contributed by atoms with Gasteiger partial charge in [0.25, 0.3) is 0 Å². The fraction of sp³-hybridized carbons (Fsp3) is 0.294. The van der Waals surface area contributed by atoms with Crippen molar-refractivity contribution < 1.29 is 0 Å². The van der Waals surface area contributed by atoms with Crippen LogP contribution >= 0.6 is 0 Å². The molecule has 2 rings (SSSR count). The highest BCUT2D eigenvalue weighted by Crippen LogP contribution is 2.30. The van der Waals surface area contributed by atoms with Gasteiger partial charge in [0.05, 0.1) is 0 Å². The third-order valence-electron chi connectivity index (χ3n) is 2.99. The normalized spacial score (nSPS) is 10.4. The van der Waals surface area contributed by atoms with Gasteiger partial charge < -0.3 is 5.32 Å². The van der Waals surface area contributed by atoms with E-state index in [4.69, 9.17) is 0 Å². The SMILES string of the molecule is CC(C)(c1ccccc1)c1ccccc1.CNC. The number of benzene rings is 2. The van der Waals surface area contributed by atoms with E-state index in [1.54, 1.807) is 0 Å². The van der Waals surface area contributed by atoms with Crippen LogP contribution in [0.3, 0.4) is 0 Å². The summed E-state index contributed by atoms with van der Waals surface area (Å²) in [6, 6.07) is 21.3. The first-order chi connectivity index (χ1) is 8.62. The zero-order valence-corrected chi connectivity index (χ0v) is 11.8. The van der Waals surface area contributed by atoms with Crippen molar-refractivity contribution in [2.24, 2.45) is 0 Å². The summed E-state index contributed by atoms with van der Waals surface area (Å²) in [5.74, 6) is 0. The van der Waals surface area contributed by atoms with Crippen LogP contribution < -0.4 is 5.32 Å². The topological polar surface area (TPSA) is 12.0 Å². The second-order valence-electron chi connectivity index (χ2n) is 4.86. The Hall–Kier alpha value is -1.60. The summed E-state index contributed by atoms with van der Waals surface area (Å²) < 4.78 is 0. The number of hydrogen-bond acceptors (Lipinski definition) is 1. The summed E-state index contributed by atoms with van der Waals surface area (Å²) in [6.45, 7) is 4.52. The standard InChI is InChI=1S/C15H16.C2H7N/c1-15(2,13-9-5-3-6-10-13)14-11-7-4-8-12-14;1-3-2/h3-12H,1-2H3;3H,1-2H3. The van der Waals surface area contributed by atoms with Gasteiger partial charge in [0.1, 0.15) is 0 Å². The van der Waals surface area contributed by atoms with Crippen molar-refractivity contribution in [2.75, 3.05) is 14.1 Å². The average molecular weight is 241 g/mol. The Labute approximate surface area is 111 Å². The monoisotopic (exact) mass is 241 g/mol. The van der Waals surface area contributed by atoms with E-state index in [0.29, 0.717) is 0 Å². The van der Waals surface area contributed by atoms with Crippen molar-refractivity contribution in [3.63, 3.8) is 0 Å². The lowest BCUT2D eigenvalue weighted by Gasteiger charge is -2.25. The molecule has 0 saturated carbocycles. The maximum absolute atomic E-state index is 2.75. The first-order valence-electron chi connectivity index (χ1n) is 6.32. The maximum atomic E-state index is 2.75. The molecular formula is C17H23N. The molecule has 0 spiro atoms. The van der Waals surface area contributed by atoms with E-state index in [0.717, 1.165) is 0 Å². The summed E-state index contributed by atoms with van der Waals surface area (Å²) >= 11 is 0. The Kier molecular flexibility index (Phi) is 5.60. The van der Waals surface area contributed by atoms with Crippen molar-refractivity contribution in [1.82, 2.24) is 5.32 Å². The predicted molar refractivity (Wildman–Crippen MR) is 80.0 cm³/mol. The Morgan fingerprint density at radius 3 is 1.22 bits per heavy atom. The highest BCUT2D eigenvalue weighted by Gasteiger charge is 2.21. The number of rotatable bonds is 2. The van der Waals surface area contributed by atoms with Gasteiger partial charge in [-0.15, -0.1) is 0 Å². The second-order valence-corrected chi connectivity index (χ2v) is 4.86. The van der Waals surface area contributed by atoms with Gasteiger partial charge >= 0.3 is 0 Å². The Morgan fingerprint density at radius 1 is 0.667 bits per heavy atom. The van der Waals surface area contributed by atoms with Gasteiger partial charge in [-0.2, -0.15) is 0 Å². The van der Waals surface area contributed by atoms with E-state index in [1.807, 2.05) is 14.1 Å². The molecule has 2 aromatic carbocycles. The zero-order chi connectivity index (χ0) is 13.4. The van der Waals surface area contributed by atoms with Gasteiger partial charge in [-0.3, -0.25) is 0 Å². The molecule has 0 unspecified atom stereocenters. The van der Waals surface area contributed by atoms with Crippen LogP contribution in [0.25, 0.3) is 0 Å². The molecule has 0 saturated heterocycles. The van der Waals surface area contributed by atoms with Gasteiger partial charge in [0.15, 0.2) is 0 Å². The molecule has 96 valence electrons. The fourth-order valence-electron chi connectivity index (χ4n) is 1.88. The summed E-state index contributed by atoms with van der Waals surface area (Å²) in [5.41, 5.74) is 2.80. The molecule has 0 aliphatic rings. The summed E-state index contributed by atoms with van der Waals surface area (Å²) in [6.07, 6.45) is 0. The Balaban J connectivity index is 0.000000492. The molecule has 0 heterocycles.